The minimum atomic E-state index is -0.470. The molecule has 0 saturated carbocycles. The summed E-state index contributed by atoms with van der Waals surface area (Å²) in [5.74, 6) is 0.423. The lowest BCUT2D eigenvalue weighted by atomic mass is 10.0. The second-order valence-corrected chi connectivity index (χ2v) is 4.67. The highest BCUT2D eigenvalue weighted by atomic mass is 19.1. The van der Waals surface area contributed by atoms with E-state index in [2.05, 4.69) is 0 Å². The van der Waals surface area contributed by atoms with Crippen LogP contribution in [0.4, 0.5) is 4.39 Å². The highest BCUT2D eigenvalue weighted by Crippen LogP contribution is 2.39. The zero-order valence-corrected chi connectivity index (χ0v) is 10.7. The van der Waals surface area contributed by atoms with Gasteiger partial charge in [0, 0.05) is 30.8 Å². The first kappa shape index (κ1) is 13.3. The van der Waals surface area contributed by atoms with Gasteiger partial charge in [0.05, 0.1) is 19.3 Å². The Labute approximate surface area is 106 Å². The minimum Gasteiger partial charge on any atom is -0.496 e. The first-order chi connectivity index (χ1) is 8.58. The van der Waals surface area contributed by atoms with E-state index in [1.807, 2.05) is 4.90 Å². The molecule has 100 valence electrons. The molecule has 2 atom stereocenters. The largest absolute Gasteiger partial charge is 0.496 e. The number of nitrogens with zero attached hydrogens (tertiary/aromatic N) is 1. The summed E-state index contributed by atoms with van der Waals surface area (Å²) >= 11 is 0. The molecule has 0 saturated heterocycles. The number of methoxy groups -OCH3 is 1. The Hall–Kier alpha value is -1.17. The summed E-state index contributed by atoms with van der Waals surface area (Å²) in [6, 6.07) is 2.85. The molecular formula is C13H19FN2O2. The van der Waals surface area contributed by atoms with Crippen LogP contribution in [0.1, 0.15) is 24.1 Å². The highest BCUT2D eigenvalue weighted by molar-refractivity contribution is 5.45. The number of aliphatic hydroxyl groups is 1. The van der Waals surface area contributed by atoms with Gasteiger partial charge in [0.15, 0.2) is 0 Å². The van der Waals surface area contributed by atoms with Crippen LogP contribution in [-0.2, 0) is 6.54 Å². The molecule has 1 aromatic rings. The average molecular weight is 254 g/mol. The standard InChI is InChI=1S/C13H19FN2O2/c1-8(17)6-16-7-9-12(18-2)4-3-10(14)13(9)11(16)5-15/h3-4,8,11,17H,5-7,15H2,1-2H3. The van der Waals surface area contributed by atoms with Crippen LogP contribution in [0.5, 0.6) is 5.75 Å². The Balaban J connectivity index is 2.40. The van der Waals surface area contributed by atoms with Crippen LogP contribution in [0, 0.1) is 5.82 Å². The zero-order valence-electron chi connectivity index (χ0n) is 10.7. The van der Waals surface area contributed by atoms with Crippen LogP contribution in [0.3, 0.4) is 0 Å². The van der Waals surface area contributed by atoms with Gasteiger partial charge in [-0.15, -0.1) is 0 Å². The fourth-order valence-corrected chi connectivity index (χ4v) is 2.62. The topological polar surface area (TPSA) is 58.7 Å². The number of halogens is 1. The van der Waals surface area contributed by atoms with E-state index in [-0.39, 0.29) is 11.9 Å². The molecule has 2 unspecified atom stereocenters. The first-order valence-corrected chi connectivity index (χ1v) is 6.06. The first-order valence-electron chi connectivity index (χ1n) is 6.06. The molecule has 5 heteroatoms. The molecule has 0 spiro atoms. The summed E-state index contributed by atoms with van der Waals surface area (Å²) in [5, 5.41) is 9.49. The van der Waals surface area contributed by atoms with Gasteiger partial charge in [-0.1, -0.05) is 0 Å². The number of β-amino-alcohol motifs (C(OH)–C–C–N with tert-alkyl or cyclic N) is 1. The van der Waals surface area contributed by atoms with E-state index in [1.54, 1.807) is 20.1 Å². The van der Waals surface area contributed by atoms with Crippen LogP contribution in [0.15, 0.2) is 12.1 Å². The Morgan fingerprint density at radius 3 is 2.89 bits per heavy atom. The number of rotatable bonds is 4. The van der Waals surface area contributed by atoms with Crippen molar-refractivity contribution in [1.82, 2.24) is 4.90 Å². The second kappa shape index (κ2) is 5.22. The van der Waals surface area contributed by atoms with Gasteiger partial charge in [-0.05, 0) is 19.1 Å². The molecule has 0 radical (unpaired) electrons. The van der Waals surface area contributed by atoms with E-state index in [0.717, 1.165) is 5.56 Å². The molecule has 1 aromatic carbocycles. The maximum Gasteiger partial charge on any atom is 0.128 e. The van der Waals surface area contributed by atoms with Gasteiger partial charge >= 0.3 is 0 Å². The van der Waals surface area contributed by atoms with Gasteiger partial charge in [0.2, 0.25) is 0 Å². The van der Waals surface area contributed by atoms with Crippen molar-refractivity contribution < 1.29 is 14.2 Å². The van der Waals surface area contributed by atoms with Crippen LogP contribution in [0.2, 0.25) is 0 Å². The van der Waals surface area contributed by atoms with E-state index in [9.17, 15) is 9.50 Å². The van der Waals surface area contributed by atoms with Crippen molar-refractivity contribution in [3.05, 3.63) is 29.1 Å². The molecule has 0 aromatic heterocycles. The molecule has 2 rings (SSSR count). The predicted molar refractivity (Wildman–Crippen MR) is 66.8 cm³/mol. The van der Waals surface area contributed by atoms with Gasteiger partial charge in [0.25, 0.3) is 0 Å². The number of hydrogen-bond acceptors (Lipinski definition) is 4. The smallest absolute Gasteiger partial charge is 0.128 e. The normalized spacial score (nSPS) is 20.8. The molecule has 0 aliphatic carbocycles. The summed E-state index contributed by atoms with van der Waals surface area (Å²) in [7, 11) is 1.57. The fraction of sp³-hybridized carbons (Fsp3) is 0.538. The summed E-state index contributed by atoms with van der Waals surface area (Å²) < 4.78 is 19.2. The number of aliphatic hydroxyl groups excluding tert-OH is 1. The lowest BCUT2D eigenvalue weighted by molar-refractivity contribution is 0.105. The average Bonchev–Trinajstić information content (AvgIpc) is 2.67. The van der Waals surface area contributed by atoms with E-state index in [1.165, 1.54) is 6.07 Å². The summed E-state index contributed by atoms with van der Waals surface area (Å²) in [6.07, 6.45) is -0.470. The summed E-state index contributed by atoms with van der Waals surface area (Å²) in [4.78, 5) is 1.99. The molecule has 1 aliphatic rings. The van der Waals surface area contributed by atoms with Crippen molar-refractivity contribution in [1.29, 1.82) is 0 Å². The van der Waals surface area contributed by atoms with Crippen LogP contribution in [-0.4, -0.2) is 36.3 Å². The van der Waals surface area contributed by atoms with Crippen molar-refractivity contribution in [3.63, 3.8) is 0 Å². The second-order valence-electron chi connectivity index (χ2n) is 4.67. The summed E-state index contributed by atoms with van der Waals surface area (Å²) in [6.45, 7) is 3.07. The van der Waals surface area contributed by atoms with Crippen molar-refractivity contribution in [3.8, 4) is 5.75 Å². The third-order valence-electron chi connectivity index (χ3n) is 3.34. The van der Waals surface area contributed by atoms with Crippen molar-refractivity contribution >= 4 is 0 Å². The van der Waals surface area contributed by atoms with Crippen LogP contribution < -0.4 is 10.5 Å². The third-order valence-corrected chi connectivity index (χ3v) is 3.34. The number of nitrogens with two attached hydrogens (primary N) is 1. The van der Waals surface area contributed by atoms with Gasteiger partial charge in [-0.25, -0.2) is 4.39 Å². The molecule has 0 fully saturated rings. The van der Waals surface area contributed by atoms with Crippen molar-refractivity contribution in [2.75, 3.05) is 20.2 Å². The van der Waals surface area contributed by atoms with Gasteiger partial charge in [-0.2, -0.15) is 0 Å². The van der Waals surface area contributed by atoms with Gasteiger partial charge in [-0.3, -0.25) is 4.90 Å². The van der Waals surface area contributed by atoms with Gasteiger partial charge in [0.1, 0.15) is 11.6 Å². The van der Waals surface area contributed by atoms with E-state index in [0.29, 0.717) is 30.9 Å². The highest BCUT2D eigenvalue weighted by Gasteiger charge is 2.34. The van der Waals surface area contributed by atoms with E-state index < -0.39 is 6.10 Å². The summed E-state index contributed by atoms with van der Waals surface area (Å²) in [5.41, 5.74) is 7.19. The predicted octanol–water partition coefficient (Wildman–Crippen LogP) is 1.03. The maximum absolute atomic E-state index is 14.0. The molecule has 3 N–H and O–H groups in total. The van der Waals surface area contributed by atoms with E-state index in [4.69, 9.17) is 10.5 Å². The molecule has 4 nitrogen and oxygen atoms in total. The van der Waals surface area contributed by atoms with Crippen molar-refractivity contribution in [2.24, 2.45) is 5.73 Å². The quantitative estimate of drug-likeness (QED) is 0.842. The Morgan fingerprint density at radius 1 is 1.61 bits per heavy atom. The van der Waals surface area contributed by atoms with Crippen molar-refractivity contribution in [2.45, 2.75) is 25.6 Å². The number of hydrogen-bond donors (Lipinski definition) is 2. The molecule has 1 heterocycles. The molecule has 0 amide bonds. The van der Waals surface area contributed by atoms with E-state index >= 15 is 0 Å². The molecule has 1 aliphatic heterocycles. The zero-order chi connectivity index (χ0) is 13.3. The third kappa shape index (κ3) is 2.21. The molecular weight excluding hydrogens is 235 g/mol. The Morgan fingerprint density at radius 2 is 2.33 bits per heavy atom. The van der Waals surface area contributed by atoms with Gasteiger partial charge < -0.3 is 15.6 Å². The Bertz CT molecular complexity index is 437. The Kier molecular flexibility index (Phi) is 3.85. The molecule has 18 heavy (non-hydrogen) atoms. The fourth-order valence-electron chi connectivity index (χ4n) is 2.62. The maximum atomic E-state index is 14.0. The van der Waals surface area contributed by atoms with Crippen LogP contribution >= 0.6 is 0 Å². The number of fused-ring (bicyclic) bond motifs is 1. The lowest BCUT2D eigenvalue weighted by Gasteiger charge is -2.24. The lowest BCUT2D eigenvalue weighted by Crippen LogP contribution is -2.33. The number of benzene rings is 1. The minimum absolute atomic E-state index is 0.190. The monoisotopic (exact) mass is 254 g/mol. The number of ether oxygens (including phenoxy) is 1. The molecule has 0 bridgehead atoms. The SMILES string of the molecule is COc1ccc(F)c2c1CN(CC(C)O)C2CN. The van der Waals surface area contributed by atoms with Crippen LogP contribution in [0.25, 0.3) is 0 Å².